The highest BCUT2D eigenvalue weighted by molar-refractivity contribution is 7.86. The van der Waals surface area contributed by atoms with E-state index in [1.54, 1.807) is 0 Å². The Morgan fingerprint density at radius 3 is 2.09 bits per heavy atom. The maximum absolute atomic E-state index is 13.5. The summed E-state index contributed by atoms with van der Waals surface area (Å²) in [5, 5.41) is 1.94. The summed E-state index contributed by atoms with van der Waals surface area (Å²) >= 11 is 0. The number of pyridine rings is 1. The molecule has 0 atom stereocenters. The van der Waals surface area contributed by atoms with Gasteiger partial charge in [-0.3, -0.25) is 9.59 Å². The van der Waals surface area contributed by atoms with Crippen LogP contribution >= 0.6 is 0 Å². The van der Waals surface area contributed by atoms with Gasteiger partial charge >= 0.3 is 17.4 Å². The molecular formula is C29H23F3N2O9S. The van der Waals surface area contributed by atoms with E-state index in [0.717, 1.165) is 32.9 Å². The third-order valence-electron chi connectivity index (χ3n) is 6.50. The highest BCUT2D eigenvalue weighted by atomic mass is 32.2. The minimum Gasteiger partial charge on any atom is -0.741 e. The number of alkyl halides is 3. The first-order valence-corrected chi connectivity index (χ1v) is 14.3. The Balaban J connectivity index is 0.000000488. The lowest BCUT2D eigenvalue weighted by Crippen LogP contribution is -2.32. The minimum absolute atomic E-state index is 0.0103. The van der Waals surface area contributed by atoms with Crippen LogP contribution in [0.25, 0.3) is 32.9 Å². The summed E-state index contributed by atoms with van der Waals surface area (Å²) in [6.07, 6.45) is -0.280. The van der Waals surface area contributed by atoms with Crippen molar-refractivity contribution in [3.63, 3.8) is 0 Å². The lowest BCUT2D eigenvalue weighted by atomic mass is 9.94. The quantitative estimate of drug-likeness (QED) is 0.0774. The largest absolute Gasteiger partial charge is 0.741 e. The van der Waals surface area contributed by atoms with Crippen molar-refractivity contribution in [1.29, 1.82) is 0 Å². The monoisotopic (exact) mass is 632 g/mol. The van der Waals surface area contributed by atoms with Gasteiger partial charge in [-0.15, -0.1) is 5.06 Å². The van der Waals surface area contributed by atoms with Crippen molar-refractivity contribution >= 4 is 55.7 Å². The van der Waals surface area contributed by atoms with Crippen LogP contribution in [0.3, 0.4) is 0 Å². The predicted octanol–water partition coefficient (Wildman–Crippen LogP) is 3.69. The number of hydrogen-bond acceptors (Lipinski definition) is 9. The summed E-state index contributed by atoms with van der Waals surface area (Å²) in [5.74, 6) is -2.53. The summed E-state index contributed by atoms with van der Waals surface area (Å²) in [6, 6.07) is 23.2. The van der Waals surface area contributed by atoms with Gasteiger partial charge in [-0.05, 0) is 17.2 Å². The number of carbonyl (C=O) groups is 4. The second-order valence-corrected chi connectivity index (χ2v) is 10.7. The van der Waals surface area contributed by atoms with Crippen molar-refractivity contribution in [2.45, 2.75) is 24.8 Å². The summed E-state index contributed by atoms with van der Waals surface area (Å²) in [5.41, 5.74) is -1.70. The van der Waals surface area contributed by atoms with E-state index in [1.807, 2.05) is 84.4 Å². The van der Waals surface area contributed by atoms with Crippen LogP contribution in [0.5, 0.6) is 0 Å². The van der Waals surface area contributed by atoms with Crippen LogP contribution in [0.1, 0.15) is 29.6 Å². The molecule has 230 valence electrons. The molecule has 1 aliphatic heterocycles. The number of nitrogens with zero attached hydrogens (tertiary/aromatic N) is 2. The third kappa shape index (κ3) is 6.84. The summed E-state index contributed by atoms with van der Waals surface area (Å²) < 4.78 is 66.5. The highest BCUT2D eigenvalue weighted by Gasteiger charge is 2.37. The lowest BCUT2D eigenvalue weighted by Gasteiger charge is -2.14. The molecule has 4 aromatic rings. The Morgan fingerprint density at radius 1 is 0.909 bits per heavy atom. The fourth-order valence-electron chi connectivity index (χ4n) is 4.50. The van der Waals surface area contributed by atoms with Crippen LogP contribution in [0.15, 0.2) is 72.8 Å². The number of benzene rings is 3. The third-order valence-corrected chi connectivity index (χ3v) is 7.07. The molecular weight excluding hydrogens is 609 g/mol. The molecule has 1 aliphatic rings. The van der Waals surface area contributed by atoms with Gasteiger partial charge in [0.25, 0.3) is 11.8 Å². The molecule has 2 heterocycles. The van der Waals surface area contributed by atoms with Gasteiger partial charge in [0.05, 0.1) is 22.8 Å². The molecule has 1 saturated heterocycles. The summed E-state index contributed by atoms with van der Waals surface area (Å²) in [6.45, 7) is -0.266. The van der Waals surface area contributed by atoms with Crippen LogP contribution in [-0.4, -0.2) is 53.9 Å². The van der Waals surface area contributed by atoms with Crippen molar-refractivity contribution in [3.05, 3.63) is 78.4 Å². The van der Waals surface area contributed by atoms with Crippen molar-refractivity contribution < 1.29 is 59.5 Å². The normalized spacial score (nSPS) is 13.5. The van der Waals surface area contributed by atoms with Crippen LogP contribution in [0, 0.1) is 0 Å². The second kappa shape index (κ2) is 12.8. The number of imide groups is 1. The van der Waals surface area contributed by atoms with Crippen molar-refractivity contribution in [3.8, 4) is 11.1 Å². The van der Waals surface area contributed by atoms with E-state index in [1.165, 1.54) is 0 Å². The maximum atomic E-state index is 13.5. The van der Waals surface area contributed by atoms with E-state index >= 15 is 0 Å². The first-order valence-electron chi connectivity index (χ1n) is 12.9. The molecule has 0 saturated carbocycles. The number of rotatable bonds is 6. The standard InChI is InChI=1S/C28H23N2O6.CHF3O3S/c1-29-21-12-6-5-10-20(21)27(26-19(11-7-13-22(26)29)18-8-3-2-4-9-18)28(34)35-17-16-25(33)36-30-23(31)14-15-24(30)32;2-1(3,4)8(5,6)7/h2-13H,14-17H2,1H3;(H,5,6,7)/q+1;/p-1. The Labute approximate surface area is 248 Å². The molecule has 5 rings (SSSR count). The first kappa shape index (κ1) is 32.0. The Hall–Kier alpha value is -4.89. The molecule has 3 aromatic carbocycles. The number of para-hydroxylation sites is 1. The summed E-state index contributed by atoms with van der Waals surface area (Å²) in [7, 11) is -4.14. The van der Waals surface area contributed by atoms with Gasteiger partial charge in [-0.25, -0.2) is 18.0 Å². The SMILES string of the molecule is C[n+]1c2ccccc2c(C(=O)OCCC(=O)ON2C(=O)CCC2=O)c2c(-c3ccccc3)cccc21.O=S(=O)([O-])C(F)(F)F. The zero-order valence-electron chi connectivity index (χ0n) is 22.9. The number of hydrogen-bond donors (Lipinski definition) is 0. The molecule has 1 fully saturated rings. The van der Waals surface area contributed by atoms with Gasteiger partial charge in [-0.1, -0.05) is 54.6 Å². The van der Waals surface area contributed by atoms with Gasteiger partial charge < -0.3 is 14.1 Å². The van der Waals surface area contributed by atoms with Crippen LogP contribution in [-0.2, 0) is 41.1 Å². The molecule has 0 spiro atoms. The molecule has 0 N–H and O–H groups in total. The van der Waals surface area contributed by atoms with E-state index in [2.05, 4.69) is 0 Å². The number of halogens is 3. The van der Waals surface area contributed by atoms with Gasteiger partial charge in [0.15, 0.2) is 10.1 Å². The maximum Gasteiger partial charge on any atom is 0.485 e. The summed E-state index contributed by atoms with van der Waals surface area (Å²) in [4.78, 5) is 53.8. The van der Waals surface area contributed by atoms with Crippen molar-refractivity contribution in [2.75, 3.05) is 6.61 Å². The number of hydroxylamine groups is 2. The van der Waals surface area contributed by atoms with Crippen LogP contribution in [0.2, 0.25) is 0 Å². The van der Waals surface area contributed by atoms with E-state index in [4.69, 9.17) is 22.5 Å². The average Bonchev–Trinajstić information content (AvgIpc) is 3.29. The number of aryl methyl sites for hydroxylation is 1. The number of amides is 2. The van der Waals surface area contributed by atoms with Crippen molar-refractivity contribution in [2.24, 2.45) is 7.05 Å². The first-order chi connectivity index (χ1) is 20.7. The lowest BCUT2D eigenvalue weighted by molar-refractivity contribution is -0.617. The Kier molecular flexibility index (Phi) is 9.30. The number of fused-ring (bicyclic) bond motifs is 2. The van der Waals surface area contributed by atoms with Gasteiger partial charge in [0.1, 0.15) is 13.7 Å². The van der Waals surface area contributed by atoms with E-state index in [0.29, 0.717) is 10.6 Å². The predicted molar refractivity (Wildman–Crippen MR) is 146 cm³/mol. The minimum atomic E-state index is -6.09. The van der Waals surface area contributed by atoms with Crippen LogP contribution in [0.4, 0.5) is 13.2 Å². The molecule has 0 bridgehead atoms. The zero-order valence-corrected chi connectivity index (χ0v) is 23.7. The van der Waals surface area contributed by atoms with Gasteiger partial charge in [0, 0.05) is 25.0 Å². The molecule has 1 aromatic heterocycles. The van der Waals surface area contributed by atoms with Crippen LogP contribution < -0.4 is 4.57 Å². The zero-order chi connectivity index (χ0) is 32.2. The van der Waals surface area contributed by atoms with Gasteiger partial charge in [0.2, 0.25) is 11.0 Å². The molecule has 0 radical (unpaired) electrons. The number of ether oxygens (including phenoxy) is 1. The van der Waals surface area contributed by atoms with Gasteiger partial charge in [-0.2, -0.15) is 17.7 Å². The highest BCUT2D eigenvalue weighted by Crippen LogP contribution is 2.34. The Bertz CT molecular complexity index is 1860. The van der Waals surface area contributed by atoms with E-state index in [9.17, 15) is 32.3 Å². The van der Waals surface area contributed by atoms with Crippen molar-refractivity contribution in [1.82, 2.24) is 5.06 Å². The molecule has 2 amide bonds. The smallest absolute Gasteiger partial charge is 0.485 e. The molecule has 15 heteroatoms. The number of aromatic nitrogens is 1. The molecule has 11 nitrogen and oxygen atoms in total. The molecule has 44 heavy (non-hydrogen) atoms. The van der Waals surface area contributed by atoms with E-state index in [-0.39, 0.29) is 25.9 Å². The molecule has 0 aliphatic carbocycles. The number of esters is 1. The van der Waals surface area contributed by atoms with E-state index < -0.39 is 39.4 Å². The number of carbonyl (C=O) groups excluding carboxylic acids is 4. The second-order valence-electron chi connectivity index (χ2n) is 9.35. The molecule has 0 unspecified atom stereocenters. The fraction of sp³-hybridized carbons (Fsp3) is 0.207. The average molecular weight is 633 g/mol. The topological polar surface area (TPSA) is 151 Å². The fourth-order valence-corrected chi connectivity index (χ4v) is 4.50. The Morgan fingerprint density at radius 2 is 1.48 bits per heavy atom.